The lowest BCUT2D eigenvalue weighted by Gasteiger charge is -2.49. The van der Waals surface area contributed by atoms with Crippen LogP contribution >= 0.6 is 0 Å². The highest BCUT2D eigenvalue weighted by atomic mass is 16.6. The fourth-order valence-electron chi connectivity index (χ4n) is 2.20. The van der Waals surface area contributed by atoms with Crippen molar-refractivity contribution in [3.63, 3.8) is 0 Å². The van der Waals surface area contributed by atoms with Gasteiger partial charge in [-0.05, 0) is 30.7 Å². The molecule has 1 aliphatic carbocycles. The molecule has 110 valence electrons. The molecule has 1 aliphatic rings. The molecule has 0 spiro atoms. The van der Waals surface area contributed by atoms with Crippen molar-refractivity contribution in [3.05, 3.63) is 24.3 Å². The minimum Gasteiger partial charge on any atom is -0.482 e. The van der Waals surface area contributed by atoms with Gasteiger partial charge in [0.25, 0.3) is 0 Å². The second-order valence-electron chi connectivity index (χ2n) is 5.66. The van der Waals surface area contributed by atoms with Crippen LogP contribution in [0.4, 0.5) is 5.69 Å². The number of carbonyl (C=O) groups excluding carboxylic acids is 1. The number of hydrogen-bond acceptors (Lipinski definition) is 5. The molecule has 5 heteroatoms. The third-order valence-corrected chi connectivity index (χ3v) is 4.00. The molecular weight excluding hydrogens is 258 g/mol. The van der Waals surface area contributed by atoms with Gasteiger partial charge in [-0.1, -0.05) is 13.8 Å². The zero-order chi connectivity index (χ0) is 14.8. The van der Waals surface area contributed by atoms with E-state index in [-0.39, 0.29) is 24.2 Å². The normalized spacial score (nSPS) is 23.6. The van der Waals surface area contributed by atoms with E-state index in [2.05, 4.69) is 10.1 Å². The van der Waals surface area contributed by atoms with E-state index >= 15 is 0 Å². The summed E-state index contributed by atoms with van der Waals surface area (Å²) in [7, 11) is 1.33. The maximum absolute atomic E-state index is 11.0. The molecule has 1 fully saturated rings. The summed E-state index contributed by atoms with van der Waals surface area (Å²) in [5, 5.41) is 13.1. The first kappa shape index (κ1) is 14.7. The van der Waals surface area contributed by atoms with Crippen LogP contribution in [0.5, 0.6) is 5.75 Å². The number of rotatable bonds is 5. The zero-order valence-electron chi connectivity index (χ0n) is 12.1. The zero-order valence-corrected chi connectivity index (χ0v) is 12.1. The second kappa shape index (κ2) is 5.71. The van der Waals surface area contributed by atoms with E-state index in [1.54, 1.807) is 12.1 Å². The quantitative estimate of drug-likeness (QED) is 0.805. The van der Waals surface area contributed by atoms with Crippen LogP contribution in [0, 0.1) is 5.41 Å². The highest BCUT2D eigenvalue weighted by molar-refractivity contribution is 5.70. The number of ether oxygens (including phenoxy) is 2. The number of aliphatic hydroxyl groups is 1. The highest BCUT2D eigenvalue weighted by Crippen LogP contribution is 2.42. The molecule has 0 aromatic heterocycles. The predicted octanol–water partition coefficient (Wildman–Crippen LogP) is 1.81. The van der Waals surface area contributed by atoms with Gasteiger partial charge in [0.2, 0.25) is 0 Å². The van der Waals surface area contributed by atoms with Gasteiger partial charge in [0.1, 0.15) is 5.75 Å². The Morgan fingerprint density at radius 2 is 2.05 bits per heavy atom. The molecule has 2 rings (SSSR count). The van der Waals surface area contributed by atoms with Crippen molar-refractivity contribution >= 4 is 11.7 Å². The van der Waals surface area contributed by atoms with E-state index in [9.17, 15) is 9.90 Å². The summed E-state index contributed by atoms with van der Waals surface area (Å²) in [5.74, 6) is 0.214. The topological polar surface area (TPSA) is 67.8 Å². The first-order valence-corrected chi connectivity index (χ1v) is 6.67. The van der Waals surface area contributed by atoms with E-state index in [4.69, 9.17) is 4.74 Å². The Morgan fingerprint density at radius 1 is 1.40 bits per heavy atom. The molecule has 0 saturated heterocycles. The van der Waals surface area contributed by atoms with Gasteiger partial charge in [-0.25, -0.2) is 4.79 Å². The fourth-order valence-corrected chi connectivity index (χ4v) is 2.20. The summed E-state index contributed by atoms with van der Waals surface area (Å²) in [4.78, 5) is 11.0. The summed E-state index contributed by atoms with van der Waals surface area (Å²) in [6, 6.07) is 7.65. The summed E-state index contributed by atoms with van der Waals surface area (Å²) in [6.45, 7) is 4.00. The third kappa shape index (κ3) is 3.04. The van der Waals surface area contributed by atoms with Crippen molar-refractivity contribution in [1.29, 1.82) is 0 Å². The standard InChI is InChI=1S/C15H21NO4/c1-15(2)12(8-13(15)17)16-10-4-6-11(7-5-10)20-9-14(18)19-3/h4-7,12-13,16-17H,8-9H2,1-3H3. The molecule has 0 bridgehead atoms. The molecule has 2 N–H and O–H groups in total. The highest BCUT2D eigenvalue weighted by Gasteiger charge is 2.47. The third-order valence-electron chi connectivity index (χ3n) is 4.00. The smallest absolute Gasteiger partial charge is 0.343 e. The van der Waals surface area contributed by atoms with Gasteiger partial charge >= 0.3 is 5.97 Å². The predicted molar refractivity (Wildman–Crippen MR) is 75.8 cm³/mol. The summed E-state index contributed by atoms with van der Waals surface area (Å²) < 4.78 is 9.78. The number of nitrogens with one attached hydrogen (secondary N) is 1. The fraction of sp³-hybridized carbons (Fsp3) is 0.533. The molecule has 2 atom stereocenters. The lowest BCUT2D eigenvalue weighted by atomic mass is 9.64. The number of carbonyl (C=O) groups is 1. The Balaban J connectivity index is 1.87. The van der Waals surface area contributed by atoms with Gasteiger partial charge < -0.3 is 19.9 Å². The molecule has 2 unspecified atom stereocenters. The van der Waals surface area contributed by atoms with E-state index < -0.39 is 5.97 Å². The summed E-state index contributed by atoms with van der Waals surface area (Å²) >= 11 is 0. The average molecular weight is 279 g/mol. The van der Waals surface area contributed by atoms with Gasteiger partial charge in [-0.15, -0.1) is 0 Å². The molecule has 0 amide bonds. The minimum atomic E-state index is -0.405. The number of methoxy groups -OCH3 is 1. The Hall–Kier alpha value is -1.75. The van der Waals surface area contributed by atoms with Crippen LogP contribution < -0.4 is 10.1 Å². The van der Waals surface area contributed by atoms with Crippen LogP contribution in [-0.4, -0.2) is 36.9 Å². The second-order valence-corrected chi connectivity index (χ2v) is 5.66. The van der Waals surface area contributed by atoms with Crippen LogP contribution in [0.25, 0.3) is 0 Å². The van der Waals surface area contributed by atoms with E-state index in [0.29, 0.717) is 5.75 Å². The monoisotopic (exact) mass is 279 g/mol. The van der Waals surface area contributed by atoms with Gasteiger partial charge in [0.05, 0.1) is 13.2 Å². The van der Waals surface area contributed by atoms with Crippen molar-refractivity contribution < 1.29 is 19.4 Å². The number of anilines is 1. The maximum Gasteiger partial charge on any atom is 0.343 e. The van der Waals surface area contributed by atoms with Crippen molar-refractivity contribution in [3.8, 4) is 5.75 Å². The molecule has 1 aromatic rings. The summed E-state index contributed by atoms with van der Waals surface area (Å²) in [6.07, 6.45) is 0.510. The Kier molecular flexibility index (Phi) is 4.18. The number of esters is 1. The van der Waals surface area contributed by atoms with Gasteiger partial charge in [-0.2, -0.15) is 0 Å². The van der Waals surface area contributed by atoms with Gasteiger partial charge in [0, 0.05) is 17.1 Å². The first-order chi connectivity index (χ1) is 9.43. The molecule has 5 nitrogen and oxygen atoms in total. The maximum atomic E-state index is 11.0. The van der Waals surface area contributed by atoms with Crippen LogP contribution in [0.1, 0.15) is 20.3 Å². The van der Waals surface area contributed by atoms with Crippen LogP contribution in [0.15, 0.2) is 24.3 Å². The average Bonchev–Trinajstić information content (AvgIpc) is 2.45. The molecule has 0 radical (unpaired) electrons. The van der Waals surface area contributed by atoms with Gasteiger partial charge in [0.15, 0.2) is 6.61 Å². The van der Waals surface area contributed by atoms with Crippen LogP contribution in [0.3, 0.4) is 0 Å². The molecule has 1 saturated carbocycles. The Bertz CT molecular complexity index is 469. The molecule has 0 heterocycles. The summed E-state index contributed by atoms with van der Waals surface area (Å²) in [5.41, 5.74) is 0.862. The van der Waals surface area contributed by atoms with Crippen LogP contribution in [-0.2, 0) is 9.53 Å². The van der Waals surface area contributed by atoms with Gasteiger partial charge in [-0.3, -0.25) is 0 Å². The van der Waals surface area contributed by atoms with E-state index in [1.807, 2.05) is 26.0 Å². The SMILES string of the molecule is COC(=O)COc1ccc(NC2CC(O)C2(C)C)cc1. The first-order valence-electron chi connectivity index (χ1n) is 6.67. The lowest BCUT2D eigenvalue weighted by molar-refractivity contribution is -0.142. The van der Waals surface area contributed by atoms with E-state index in [0.717, 1.165) is 12.1 Å². The van der Waals surface area contributed by atoms with Crippen molar-refractivity contribution in [2.24, 2.45) is 5.41 Å². The minimum absolute atomic E-state index is 0.0921. The largest absolute Gasteiger partial charge is 0.482 e. The van der Waals surface area contributed by atoms with Crippen LogP contribution in [0.2, 0.25) is 0 Å². The van der Waals surface area contributed by atoms with Crippen molar-refractivity contribution in [2.75, 3.05) is 19.0 Å². The van der Waals surface area contributed by atoms with E-state index in [1.165, 1.54) is 7.11 Å². The molecule has 20 heavy (non-hydrogen) atoms. The van der Waals surface area contributed by atoms with Crippen molar-refractivity contribution in [2.45, 2.75) is 32.4 Å². The molecular formula is C15H21NO4. The number of aliphatic hydroxyl groups excluding tert-OH is 1. The molecule has 1 aromatic carbocycles. The van der Waals surface area contributed by atoms with Crippen molar-refractivity contribution in [1.82, 2.24) is 0 Å². The lowest BCUT2D eigenvalue weighted by Crippen LogP contribution is -2.56. The Labute approximate surface area is 118 Å². The molecule has 0 aliphatic heterocycles. The Morgan fingerprint density at radius 3 is 2.55 bits per heavy atom. The number of hydrogen-bond donors (Lipinski definition) is 2. The number of benzene rings is 1.